The van der Waals surface area contributed by atoms with Crippen LogP contribution >= 0.6 is 0 Å². The van der Waals surface area contributed by atoms with Crippen LogP contribution in [-0.4, -0.2) is 27.4 Å². The Morgan fingerprint density at radius 3 is 1.81 bits per heavy atom. The molecule has 0 spiro atoms. The minimum atomic E-state index is 0.284. The van der Waals surface area contributed by atoms with Gasteiger partial charge in [-0.1, -0.05) is 66.7 Å². The van der Waals surface area contributed by atoms with E-state index >= 15 is 0 Å². The van der Waals surface area contributed by atoms with Crippen molar-refractivity contribution >= 4 is 12.2 Å². The molecule has 0 saturated carbocycles. The van der Waals surface area contributed by atoms with Crippen molar-refractivity contribution in [3.8, 4) is 0 Å². The molecule has 2 rings (SSSR count). The van der Waals surface area contributed by atoms with Gasteiger partial charge in [0.1, 0.15) is 0 Å². The van der Waals surface area contributed by atoms with Crippen molar-refractivity contribution in [1.82, 2.24) is 0 Å². The van der Waals surface area contributed by atoms with Gasteiger partial charge in [0.25, 0.3) is 0 Å². The Balaban J connectivity index is 2.06. The van der Waals surface area contributed by atoms with Crippen molar-refractivity contribution in [1.29, 1.82) is 0 Å². The van der Waals surface area contributed by atoms with Crippen LogP contribution < -0.4 is 0 Å². The molecule has 0 aliphatic carbocycles. The molecule has 0 aliphatic rings. The standard InChI is InChI=1S/C19H22O2/c1-20-14-19(15-21-2)18-12-10-17(11-13-18)9-8-16-6-4-3-5-7-16/h3-13,19H,14-15H2,1-2H3/b9-8+. The first kappa shape index (κ1) is 15.5. The summed E-state index contributed by atoms with van der Waals surface area (Å²) in [4.78, 5) is 0. The highest BCUT2D eigenvalue weighted by molar-refractivity contribution is 5.69. The van der Waals surface area contributed by atoms with E-state index in [1.165, 1.54) is 16.7 Å². The molecule has 0 aromatic heterocycles. The highest BCUT2D eigenvalue weighted by atomic mass is 16.5. The zero-order valence-corrected chi connectivity index (χ0v) is 12.7. The third-order valence-electron chi connectivity index (χ3n) is 3.41. The maximum absolute atomic E-state index is 5.25. The summed E-state index contributed by atoms with van der Waals surface area (Å²) >= 11 is 0. The van der Waals surface area contributed by atoms with Crippen LogP contribution in [0.1, 0.15) is 22.6 Å². The Morgan fingerprint density at radius 1 is 0.762 bits per heavy atom. The topological polar surface area (TPSA) is 18.5 Å². The molecule has 2 nitrogen and oxygen atoms in total. The number of ether oxygens (including phenoxy) is 2. The molecule has 2 aromatic carbocycles. The predicted octanol–water partition coefficient (Wildman–Crippen LogP) is 4.23. The minimum Gasteiger partial charge on any atom is -0.384 e. The van der Waals surface area contributed by atoms with Crippen LogP contribution in [0.5, 0.6) is 0 Å². The second-order valence-electron chi connectivity index (χ2n) is 5.02. The molecule has 0 saturated heterocycles. The fourth-order valence-electron chi connectivity index (χ4n) is 2.28. The van der Waals surface area contributed by atoms with Gasteiger partial charge in [-0.25, -0.2) is 0 Å². The lowest BCUT2D eigenvalue weighted by Gasteiger charge is -2.15. The maximum Gasteiger partial charge on any atom is 0.0553 e. The smallest absolute Gasteiger partial charge is 0.0553 e. The van der Waals surface area contributed by atoms with Crippen molar-refractivity contribution in [2.24, 2.45) is 0 Å². The average molecular weight is 282 g/mol. The van der Waals surface area contributed by atoms with Crippen molar-refractivity contribution in [2.75, 3.05) is 27.4 Å². The summed E-state index contributed by atoms with van der Waals surface area (Å²) in [6.45, 7) is 1.35. The number of benzene rings is 2. The zero-order valence-electron chi connectivity index (χ0n) is 12.7. The van der Waals surface area contributed by atoms with E-state index in [-0.39, 0.29) is 5.92 Å². The van der Waals surface area contributed by atoms with Crippen LogP contribution in [0.25, 0.3) is 12.2 Å². The van der Waals surface area contributed by atoms with E-state index in [0.717, 1.165) is 0 Å². The van der Waals surface area contributed by atoms with Gasteiger partial charge >= 0.3 is 0 Å². The second kappa shape index (κ2) is 8.40. The van der Waals surface area contributed by atoms with E-state index in [0.29, 0.717) is 13.2 Å². The first-order valence-corrected chi connectivity index (χ1v) is 7.14. The maximum atomic E-state index is 5.25. The molecule has 0 unspecified atom stereocenters. The molecule has 110 valence electrons. The highest BCUT2D eigenvalue weighted by Gasteiger charge is 2.10. The third-order valence-corrected chi connectivity index (χ3v) is 3.41. The first-order chi connectivity index (χ1) is 10.3. The van der Waals surface area contributed by atoms with Gasteiger partial charge in [0.05, 0.1) is 13.2 Å². The van der Waals surface area contributed by atoms with Crippen molar-refractivity contribution < 1.29 is 9.47 Å². The Morgan fingerprint density at radius 2 is 1.29 bits per heavy atom. The largest absolute Gasteiger partial charge is 0.384 e. The van der Waals surface area contributed by atoms with Gasteiger partial charge in [0, 0.05) is 20.1 Å². The molecule has 2 aromatic rings. The summed E-state index contributed by atoms with van der Waals surface area (Å²) in [6.07, 6.45) is 4.25. The Labute approximate surface area is 127 Å². The molecule has 0 aliphatic heterocycles. The third kappa shape index (κ3) is 4.85. The van der Waals surface area contributed by atoms with Gasteiger partial charge in [-0.3, -0.25) is 0 Å². The van der Waals surface area contributed by atoms with Gasteiger partial charge in [0.15, 0.2) is 0 Å². The molecular formula is C19H22O2. The SMILES string of the molecule is COCC(COC)c1ccc(/C=C/c2ccccc2)cc1. The van der Waals surface area contributed by atoms with Crippen LogP contribution in [0.3, 0.4) is 0 Å². The number of hydrogen-bond donors (Lipinski definition) is 0. The van der Waals surface area contributed by atoms with Crippen molar-refractivity contribution in [2.45, 2.75) is 5.92 Å². The Bertz CT molecular complexity index is 538. The normalized spacial score (nSPS) is 11.4. The fraction of sp³-hybridized carbons (Fsp3) is 0.263. The molecule has 0 atom stereocenters. The van der Waals surface area contributed by atoms with Crippen molar-refractivity contribution in [3.05, 3.63) is 71.3 Å². The fourth-order valence-corrected chi connectivity index (χ4v) is 2.28. The number of hydrogen-bond acceptors (Lipinski definition) is 2. The van der Waals surface area contributed by atoms with Gasteiger partial charge in [0.2, 0.25) is 0 Å². The molecule has 21 heavy (non-hydrogen) atoms. The molecular weight excluding hydrogens is 260 g/mol. The first-order valence-electron chi connectivity index (χ1n) is 7.14. The van der Waals surface area contributed by atoms with E-state index in [1.54, 1.807) is 14.2 Å². The van der Waals surface area contributed by atoms with E-state index in [9.17, 15) is 0 Å². The molecule has 0 fully saturated rings. The lowest BCUT2D eigenvalue weighted by Crippen LogP contribution is -2.12. The monoisotopic (exact) mass is 282 g/mol. The summed E-state index contributed by atoms with van der Waals surface area (Å²) in [5.41, 5.74) is 3.64. The van der Waals surface area contributed by atoms with E-state index < -0.39 is 0 Å². The lowest BCUT2D eigenvalue weighted by atomic mass is 9.99. The summed E-state index contributed by atoms with van der Waals surface area (Å²) in [5.74, 6) is 0.284. The summed E-state index contributed by atoms with van der Waals surface area (Å²) in [7, 11) is 3.44. The number of methoxy groups -OCH3 is 2. The highest BCUT2D eigenvalue weighted by Crippen LogP contribution is 2.18. The number of rotatable bonds is 7. The molecule has 0 radical (unpaired) electrons. The molecule has 0 heterocycles. The van der Waals surface area contributed by atoms with E-state index in [1.807, 2.05) is 18.2 Å². The van der Waals surface area contributed by atoms with Gasteiger partial charge < -0.3 is 9.47 Å². The predicted molar refractivity (Wildman–Crippen MR) is 88.3 cm³/mol. The molecule has 0 amide bonds. The summed E-state index contributed by atoms with van der Waals surface area (Å²) in [5, 5.41) is 0. The van der Waals surface area contributed by atoms with Crippen LogP contribution in [0.2, 0.25) is 0 Å². The summed E-state index contributed by atoms with van der Waals surface area (Å²) < 4.78 is 10.5. The zero-order chi connectivity index (χ0) is 14.9. The van der Waals surface area contributed by atoms with Crippen LogP contribution in [-0.2, 0) is 9.47 Å². The van der Waals surface area contributed by atoms with E-state index in [4.69, 9.17) is 9.47 Å². The van der Waals surface area contributed by atoms with Gasteiger partial charge in [-0.05, 0) is 16.7 Å². The second-order valence-corrected chi connectivity index (χ2v) is 5.02. The Hall–Kier alpha value is -1.90. The molecule has 0 N–H and O–H groups in total. The Kier molecular flexibility index (Phi) is 6.20. The lowest BCUT2D eigenvalue weighted by molar-refractivity contribution is 0.117. The summed E-state index contributed by atoms with van der Waals surface area (Å²) in [6, 6.07) is 18.9. The van der Waals surface area contributed by atoms with Gasteiger partial charge in [-0.15, -0.1) is 0 Å². The quantitative estimate of drug-likeness (QED) is 0.707. The van der Waals surface area contributed by atoms with Crippen LogP contribution in [0.15, 0.2) is 54.6 Å². The average Bonchev–Trinajstić information content (AvgIpc) is 2.54. The van der Waals surface area contributed by atoms with E-state index in [2.05, 4.69) is 48.6 Å². The van der Waals surface area contributed by atoms with Crippen LogP contribution in [0, 0.1) is 0 Å². The minimum absolute atomic E-state index is 0.284. The van der Waals surface area contributed by atoms with Crippen molar-refractivity contribution in [3.63, 3.8) is 0 Å². The molecule has 0 bridgehead atoms. The van der Waals surface area contributed by atoms with Crippen LogP contribution in [0.4, 0.5) is 0 Å². The molecule has 2 heteroatoms. The van der Waals surface area contributed by atoms with Gasteiger partial charge in [-0.2, -0.15) is 0 Å².